The molecule has 1 spiro atoms. The van der Waals surface area contributed by atoms with Gasteiger partial charge in [0.05, 0.1) is 19.8 Å². The van der Waals surface area contributed by atoms with Crippen LogP contribution in [0.2, 0.25) is 0 Å². The lowest BCUT2D eigenvalue weighted by Gasteiger charge is -2.25. The van der Waals surface area contributed by atoms with Crippen molar-refractivity contribution in [2.45, 2.75) is 38.1 Å². The van der Waals surface area contributed by atoms with Crippen LogP contribution in [0.5, 0.6) is 0 Å². The average molecular weight is 262 g/mol. The lowest BCUT2D eigenvalue weighted by Crippen LogP contribution is -2.39. The number of benzene rings is 1. The summed E-state index contributed by atoms with van der Waals surface area (Å²) in [5.41, 5.74) is 0.632. The Morgan fingerprint density at radius 3 is 2.89 bits per heavy atom. The highest BCUT2D eigenvalue weighted by molar-refractivity contribution is 5.85. The van der Waals surface area contributed by atoms with E-state index in [1.54, 1.807) is 0 Å². The van der Waals surface area contributed by atoms with Crippen LogP contribution in [0.4, 0.5) is 0 Å². The van der Waals surface area contributed by atoms with E-state index in [1.807, 2.05) is 38.1 Å². The maximum absolute atomic E-state index is 12.2. The minimum Gasteiger partial charge on any atom is -0.464 e. The van der Waals surface area contributed by atoms with E-state index in [1.165, 1.54) is 0 Å². The van der Waals surface area contributed by atoms with Crippen molar-refractivity contribution < 1.29 is 19.0 Å². The van der Waals surface area contributed by atoms with Crippen LogP contribution in [0, 0.1) is 0 Å². The first-order valence-electron chi connectivity index (χ1n) is 6.73. The molecule has 2 heterocycles. The van der Waals surface area contributed by atoms with E-state index in [0.29, 0.717) is 26.2 Å². The summed E-state index contributed by atoms with van der Waals surface area (Å²) in [5.74, 6) is -0.280. The number of fused-ring (bicyclic) bond motifs is 2. The third-order valence-corrected chi connectivity index (χ3v) is 4.08. The molecule has 0 saturated carbocycles. The zero-order chi connectivity index (χ0) is 13.5. The van der Waals surface area contributed by atoms with Crippen LogP contribution in [0.3, 0.4) is 0 Å². The summed E-state index contributed by atoms with van der Waals surface area (Å²) in [6.07, 6.45) is 0.587. The van der Waals surface area contributed by atoms with Gasteiger partial charge >= 0.3 is 5.97 Å². The van der Waals surface area contributed by atoms with Crippen molar-refractivity contribution in [2.75, 3.05) is 13.2 Å². The van der Waals surface area contributed by atoms with E-state index in [9.17, 15) is 4.79 Å². The first-order valence-corrected chi connectivity index (χ1v) is 6.73. The molecule has 0 N–H and O–H groups in total. The first kappa shape index (κ1) is 12.6. The van der Waals surface area contributed by atoms with Crippen molar-refractivity contribution in [2.24, 2.45) is 0 Å². The number of epoxide rings is 1. The van der Waals surface area contributed by atoms with Crippen LogP contribution in [0.1, 0.15) is 31.4 Å². The van der Waals surface area contributed by atoms with Gasteiger partial charge in [0.1, 0.15) is 0 Å². The molecule has 19 heavy (non-hydrogen) atoms. The molecule has 0 bridgehead atoms. The Hall–Kier alpha value is -1.39. The Bertz CT molecular complexity index is 513. The second-order valence-corrected chi connectivity index (χ2v) is 4.98. The summed E-state index contributed by atoms with van der Waals surface area (Å²) < 4.78 is 16.7. The highest BCUT2D eigenvalue weighted by Gasteiger charge is 2.76. The lowest BCUT2D eigenvalue weighted by atomic mass is 9.81. The molecule has 2 atom stereocenters. The van der Waals surface area contributed by atoms with Gasteiger partial charge in [-0.05, 0) is 24.5 Å². The molecular weight excluding hydrogens is 244 g/mol. The highest BCUT2D eigenvalue weighted by Crippen LogP contribution is 2.60. The van der Waals surface area contributed by atoms with Crippen molar-refractivity contribution in [3.05, 3.63) is 35.4 Å². The topological polar surface area (TPSA) is 48.1 Å². The summed E-state index contributed by atoms with van der Waals surface area (Å²) in [6.45, 7) is 5.10. The predicted octanol–water partition coefficient (Wildman–Crippen LogP) is 2.15. The summed E-state index contributed by atoms with van der Waals surface area (Å²) in [5, 5.41) is 0. The van der Waals surface area contributed by atoms with Crippen molar-refractivity contribution in [1.82, 2.24) is 0 Å². The average Bonchev–Trinajstić information content (AvgIpc) is 3.10. The molecular formula is C15H18O4. The van der Waals surface area contributed by atoms with Crippen LogP contribution < -0.4 is 0 Å². The summed E-state index contributed by atoms with van der Waals surface area (Å²) >= 11 is 0. The van der Waals surface area contributed by atoms with Crippen molar-refractivity contribution >= 4 is 5.97 Å². The second kappa shape index (κ2) is 4.32. The number of ether oxygens (including phenoxy) is 3. The number of rotatable bonds is 3. The van der Waals surface area contributed by atoms with Crippen LogP contribution in [0.25, 0.3) is 0 Å². The Kier molecular flexibility index (Phi) is 2.87. The van der Waals surface area contributed by atoms with Gasteiger partial charge in [0.15, 0.2) is 5.60 Å². The maximum atomic E-state index is 12.2. The normalized spacial score (nSPS) is 31.9. The molecule has 0 aliphatic carbocycles. The third kappa shape index (κ3) is 1.56. The van der Waals surface area contributed by atoms with Gasteiger partial charge in [-0.15, -0.1) is 0 Å². The molecule has 1 fully saturated rings. The Morgan fingerprint density at radius 1 is 1.37 bits per heavy atom. The van der Waals surface area contributed by atoms with E-state index in [-0.39, 0.29) is 5.97 Å². The molecule has 4 nitrogen and oxygen atoms in total. The van der Waals surface area contributed by atoms with E-state index >= 15 is 0 Å². The van der Waals surface area contributed by atoms with E-state index in [0.717, 1.165) is 11.1 Å². The second-order valence-electron chi connectivity index (χ2n) is 4.98. The van der Waals surface area contributed by atoms with Crippen LogP contribution in [-0.4, -0.2) is 24.8 Å². The number of carbonyl (C=O) groups is 1. The summed E-state index contributed by atoms with van der Waals surface area (Å²) in [4.78, 5) is 12.2. The van der Waals surface area contributed by atoms with Gasteiger partial charge in [-0.25, -0.2) is 4.79 Å². The number of hydrogen-bond donors (Lipinski definition) is 0. The van der Waals surface area contributed by atoms with E-state index in [2.05, 4.69) is 0 Å². The molecule has 1 saturated heterocycles. The molecule has 4 heteroatoms. The molecule has 2 aliphatic heterocycles. The first-order chi connectivity index (χ1) is 9.20. The summed E-state index contributed by atoms with van der Waals surface area (Å²) in [6, 6.07) is 7.98. The molecule has 1 aromatic carbocycles. The predicted molar refractivity (Wildman–Crippen MR) is 68.5 cm³/mol. The lowest BCUT2D eigenvalue weighted by molar-refractivity contribution is -0.149. The molecule has 0 radical (unpaired) electrons. The van der Waals surface area contributed by atoms with Gasteiger partial charge in [0.25, 0.3) is 0 Å². The number of hydrogen-bond acceptors (Lipinski definition) is 4. The van der Waals surface area contributed by atoms with Crippen LogP contribution >= 0.6 is 0 Å². The van der Waals surface area contributed by atoms with Crippen molar-refractivity contribution in [3.8, 4) is 0 Å². The third-order valence-electron chi connectivity index (χ3n) is 4.08. The Labute approximate surface area is 112 Å². The van der Waals surface area contributed by atoms with Crippen LogP contribution in [-0.2, 0) is 31.2 Å². The Balaban J connectivity index is 2.01. The van der Waals surface area contributed by atoms with E-state index in [4.69, 9.17) is 14.2 Å². The zero-order valence-electron chi connectivity index (χ0n) is 11.3. The molecule has 3 rings (SSSR count). The number of carbonyl (C=O) groups excluding carboxylic acids is 1. The molecule has 102 valence electrons. The van der Waals surface area contributed by atoms with Gasteiger partial charge in [-0.2, -0.15) is 0 Å². The SMILES string of the molecule is CCOC(=O)C1(CC)OC12COCc1ccccc12. The minimum absolute atomic E-state index is 0.280. The van der Waals surface area contributed by atoms with Gasteiger partial charge in [-0.1, -0.05) is 31.2 Å². The smallest absolute Gasteiger partial charge is 0.341 e. The Morgan fingerprint density at radius 2 is 2.16 bits per heavy atom. The largest absolute Gasteiger partial charge is 0.464 e. The van der Waals surface area contributed by atoms with Gasteiger partial charge < -0.3 is 14.2 Å². The molecule has 0 amide bonds. The zero-order valence-corrected chi connectivity index (χ0v) is 11.3. The van der Waals surface area contributed by atoms with Crippen LogP contribution in [0.15, 0.2) is 24.3 Å². The fourth-order valence-corrected chi connectivity index (χ4v) is 3.07. The molecule has 2 aliphatic rings. The fourth-order valence-electron chi connectivity index (χ4n) is 3.07. The van der Waals surface area contributed by atoms with Gasteiger partial charge in [0, 0.05) is 0 Å². The van der Waals surface area contributed by atoms with Gasteiger partial charge in [0.2, 0.25) is 5.60 Å². The monoisotopic (exact) mass is 262 g/mol. The summed E-state index contributed by atoms with van der Waals surface area (Å²) in [7, 11) is 0. The minimum atomic E-state index is -0.875. The standard InChI is InChI=1S/C15H18O4/c1-3-14(13(16)18-4-2)15(19-14)10-17-9-11-7-5-6-8-12(11)15/h5-8H,3-4,9-10H2,1-2H3. The highest BCUT2D eigenvalue weighted by atomic mass is 16.7. The van der Waals surface area contributed by atoms with Crippen molar-refractivity contribution in [1.29, 1.82) is 0 Å². The number of esters is 1. The maximum Gasteiger partial charge on any atom is 0.341 e. The quantitative estimate of drug-likeness (QED) is 0.618. The molecule has 1 aromatic rings. The molecule has 2 unspecified atom stereocenters. The fraction of sp³-hybridized carbons (Fsp3) is 0.533. The molecule has 0 aromatic heterocycles. The van der Waals surface area contributed by atoms with Gasteiger partial charge in [-0.3, -0.25) is 0 Å². The van der Waals surface area contributed by atoms with Crippen molar-refractivity contribution in [3.63, 3.8) is 0 Å². The van der Waals surface area contributed by atoms with E-state index < -0.39 is 11.2 Å².